The summed E-state index contributed by atoms with van der Waals surface area (Å²) in [6.45, 7) is 2.88. The van der Waals surface area contributed by atoms with Gasteiger partial charge >= 0.3 is 0 Å². The molecule has 2 aromatic rings. The van der Waals surface area contributed by atoms with Crippen molar-refractivity contribution in [2.75, 3.05) is 6.54 Å². The van der Waals surface area contributed by atoms with Crippen molar-refractivity contribution in [1.82, 2.24) is 19.7 Å². The Bertz CT molecular complexity index is 657. The summed E-state index contributed by atoms with van der Waals surface area (Å²) in [6, 6.07) is 4.52. The molecule has 1 aliphatic rings. The van der Waals surface area contributed by atoms with Crippen LogP contribution in [-0.2, 0) is 19.6 Å². The molecule has 8 heteroatoms. The minimum Gasteiger partial charge on any atom is -0.315 e. The molecular weight excluding hydrogens is 282 g/mol. The SMILES string of the molecule is O=[N+]([O-])c1ccc(Cl)c(CN2CCn3cnnc3C2)c1. The summed E-state index contributed by atoms with van der Waals surface area (Å²) in [5, 5.41) is 19.3. The first-order chi connectivity index (χ1) is 9.63. The summed E-state index contributed by atoms with van der Waals surface area (Å²) in [6.07, 6.45) is 1.72. The van der Waals surface area contributed by atoms with E-state index < -0.39 is 4.92 Å². The maximum Gasteiger partial charge on any atom is 0.269 e. The van der Waals surface area contributed by atoms with Crippen molar-refractivity contribution in [3.8, 4) is 0 Å². The molecular formula is C12H12ClN5O2. The van der Waals surface area contributed by atoms with Crippen LogP contribution in [0.2, 0.25) is 5.02 Å². The number of nitro benzene ring substituents is 1. The normalized spacial score (nSPS) is 15.1. The number of halogens is 1. The summed E-state index contributed by atoms with van der Waals surface area (Å²) < 4.78 is 2.01. The number of non-ortho nitro benzene ring substituents is 1. The molecule has 1 aromatic heterocycles. The molecule has 0 saturated heterocycles. The number of benzene rings is 1. The number of nitro groups is 1. The molecule has 0 N–H and O–H groups in total. The van der Waals surface area contributed by atoms with Crippen molar-refractivity contribution >= 4 is 17.3 Å². The van der Waals surface area contributed by atoms with Crippen molar-refractivity contribution in [3.63, 3.8) is 0 Å². The molecule has 1 aliphatic heterocycles. The van der Waals surface area contributed by atoms with Crippen molar-refractivity contribution in [1.29, 1.82) is 0 Å². The Balaban J connectivity index is 1.78. The largest absolute Gasteiger partial charge is 0.315 e. The molecule has 3 rings (SSSR count). The van der Waals surface area contributed by atoms with Crippen LogP contribution in [0.1, 0.15) is 11.4 Å². The molecule has 0 saturated carbocycles. The molecule has 0 radical (unpaired) electrons. The predicted octanol–water partition coefficient (Wildman–Crippen LogP) is 1.86. The first kappa shape index (κ1) is 13.0. The average Bonchev–Trinajstić information content (AvgIpc) is 2.88. The zero-order valence-corrected chi connectivity index (χ0v) is 11.3. The smallest absolute Gasteiger partial charge is 0.269 e. The van der Waals surface area contributed by atoms with Gasteiger partial charge < -0.3 is 4.57 Å². The van der Waals surface area contributed by atoms with Gasteiger partial charge in [-0.2, -0.15) is 0 Å². The van der Waals surface area contributed by atoms with Gasteiger partial charge in [0.1, 0.15) is 12.2 Å². The van der Waals surface area contributed by atoms with Crippen molar-refractivity contribution < 1.29 is 4.92 Å². The predicted molar refractivity (Wildman–Crippen MR) is 72.2 cm³/mol. The number of hydrogen-bond acceptors (Lipinski definition) is 5. The fourth-order valence-corrected chi connectivity index (χ4v) is 2.47. The molecule has 0 aliphatic carbocycles. The maximum atomic E-state index is 10.8. The van der Waals surface area contributed by atoms with Crippen LogP contribution in [0.5, 0.6) is 0 Å². The van der Waals surface area contributed by atoms with Gasteiger partial charge in [0.2, 0.25) is 0 Å². The topological polar surface area (TPSA) is 77.1 Å². The lowest BCUT2D eigenvalue weighted by molar-refractivity contribution is -0.384. The zero-order chi connectivity index (χ0) is 14.1. The first-order valence-corrected chi connectivity index (χ1v) is 6.53. The number of rotatable bonds is 3. The highest BCUT2D eigenvalue weighted by atomic mass is 35.5. The van der Waals surface area contributed by atoms with Crippen molar-refractivity contribution in [2.24, 2.45) is 0 Å². The molecule has 0 fully saturated rings. The van der Waals surface area contributed by atoms with E-state index in [-0.39, 0.29) is 5.69 Å². The fourth-order valence-electron chi connectivity index (χ4n) is 2.29. The minimum atomic E-state index is -0.410. The van der Waals surface area contributed by atoms with Crippen LogP contribution in [0.25, 0.3) is 0 Å². The number of aromatic nitrogens is 3. The molecule has 2 heterocycles. The lowest BCUT2D eigenvalue weighted by atomic mass is 10.1. The molecule has 0 atom stereocenters. The molecule has 0 amide bonds. The van der Waals surface area contributed by atoms with Crippen LogP contribution >= 0.6 is 11.6 Å². The lowest BCUT2D eigenvalue weighted by Gasteiger charge is -2.27. The Labute approximate surface area is 119 Å². The molecule has 7 nitrogen and oxygen atoms in total. The summed E-state index contributed by atoms with van der Waals surface area (Å²) in [5.41, 5.74) is 0.818. The molecule has 0 unspecified atom stereocenters. The lowest BCUT2D eigenvalue weighted by Crippen LogP contribution is -2.33. The monoisotopic (exact) mass is 293 g/mol. The zero-order valence-electron chi connectivity index (χ0n) is 10.6. The van der Waals surface area contributed by atoms with Gasteiger partial charge in [-0.15, -0.1) is 10.2 Å². The van der Waals surface area contributed by atoms with Gasteiger partial charge in [0.05, 0.1) is 11.5 Å². The van der Waals surface area contributed by atoms with E-state index in [1.807, 2.05) is 4.57 Å². The van der Waals surface area contributed by atoms with Crippen LogP contribution in [0.3, 0.4) is 0 Å². The first-order valence-electron chi connectivity index (χ1n) is 6.15. The minimum absolute atomic E-state index is 0.0598. The molecule has 104 valence electrons. The molecule has 20 heavy (non-hydrogen) atoms. The Kier molecular flexibility index (Phi) is 3.37. The summed E-state index contributed by atoms with van der Waals surface area (Å²) in [5.74, 6) is 0.901. The summed E-state index contributed by atoms with van der Waals surface area (Å²) in [4.78, 5) is 12.6. The highest BCUT2D eigenvalue weighted by Crippen LogP contribution is 2.24. The molecule has 0 bridgehead atoms. The summed E-state index contributed by atoms with van der Waals surface area (Å²) >= 11 is 6.12. The van der Waals surface area contributed by atoms with Gasteiger partial charge in [-0.05, 0) is 11.6 Å². The molecule has 1 aromatic carbocycles. The maximum absolute atomic E-state index is 10.8. The van der Waals surface area contributed by atoms with E-state index in [4.69, 9.17) is 11.6 Å². The van der Waals surface area contributed by atoms with E-state index >= 15 is 0 Å². The van der Waals surface area contributed by atoms with Crippen LogP contribution in [-0.4, -0.2) is 31.1 Å². The van der Waals surface area contributed by atoms with E-state index in [0.717, 1.165) is 24.5 Å². The van der Waals surface area contributed by atoms with E-state index in [0.29, 0.717) is 18.1 Å². The Hall–Kier alpha value is -1.99. The van der Waals surface area contributed by atoms with Crippen LogP contribution in [0, 0.1) is 10.1 Å². The van der Waals surface area contributed by atoms with Gasteiger partial charge in [0.15, 0.2) is 0 Å². The standard InChI is InChI=1S/C12H12ClN5O2/c13-11-2-1-10(18(19)20)5-9(11)6-16-3-4-17-8-14-15-12(17)7-16/h1-2,5,8H,3-4,6-7H2. The Morgan fingerprint density at radius 1 is 1.40 bits per heavy atom. The second kappa shape index (κ2) is 5.18. The van der Waals surface area contributed by atoms with Gasteiger partial charge in [-0.1, -0.05) is 11.6 Å². The van der Waals surface area contributed by atoms with Gasteiger partial charge in [0, 0.05) is 36.8 Å². The van der Waals surface area contributed by atoms with Gasteiger partial charge in [0.25, 0.3) is 5.69 Å². The van der Waals surface area contributed by atoms with Gasteiger partial charge in [-0.25, -0.2) is 0 Å². The van der Waals surface area contributed by atoms with Crippen LogP contribution in [0.4, 0.5) is 5.69 Å². The van der Waals surface area contributed by atoms with E-state index in [1.165, 1.54) is 12.1 Å². The van der Waals surface area contributed by atoms with E-state index in [9.17, 15) is 10.1 Å². The number of nitrogens with zero attached hydrogens (tertiary/aromatic N) is 5. The molecule has 0 spiro atoms. The third-order valence-corrected chi connectivity index (χ3v) is 3.72. The third-order valence-electron chi connectivity index (χ3n) is 3.35. The highest BCUT2D eigenvalue weighted by Gasteiger charge is 2.19. The Morgan fingerprint density at radius 2 is 2.25 bits per heavy atom. The Morgan fingerprint density at radius 3 is 3.05 bits per heavy atom. The van der Waals surface area contributed by atoms with E-state index in [2.05, 4.69) is 15.1 Å². The van der Waals surface area contributed by atoms with E-state index in [1.54, 1.807) is 12.4 Å². The second-order valence-corrected chi connectivity index (χ2v) is 5.09. The fraction of sp³-hybridized carbons (Fsp3) is 0.333. The van der Waals surface area contributed by atoms with Crippen molar-refractivity contribution in [2.45, 2.75) is 19.6 Å². The van der Waals surface area contributed by atoms with Crippen LogP contribution < -0.4 is 0 Å². The summed E-state index contributed by atoms with van der Waals surface area (Å²) in [7, 11) is 0. The number of hydrogen-bond donors (Lipinski definition) is 0. The number of fused-ring (bicyclic) bond motifs is 1. The highest BCUT2D eigenvalue weighted by molar-refractivity contribution is 6.31. The average molecular weight is 294 g/mol. The van der Waals surface area contributed by atoms with Crippen molar-refractivity contribution in [3.05, 3.63) is 51.1 Å². The van der Waals surface area contributed by atoms with Gasteiger partial charge in [-0.3, -0.25) is 15.0 Å². The second-order valence-electron chi connectivity index (χ2n) is 4.68. The third kappa shape index (κ3) is 2.50. The quantitative estimate of drug-likeness (QED) is 0.637. The van der Waals surface area contributed by atoms with Crippen LogP contribution in [0.15, 0.2) is 24.5 Å².